The van der Waals surface area contributed by atoms with Gasteiger partial charge >= 0.3 is 6.18 Å². The third-order valence-corrected chi connectivity index (χ3v) is 4.25. The van der Waals surface area contributed by atoms with Crippen molar-refractivity contribution in [3.63, 3.8) is 0 Å². The summed E-state index contributed by atoms with van der Waals surface area (Å²) >= 11 is 23.2. The number of benzene rings is 1. The minimum absolute atomic E-state index is 0.206. The van der Waals surface area contributed by atoms with Gasteiger partial charge in [-0.1, -0.05) is 46.4 Å². The van der Waals surface area contributed by atoms with E-state index in [4.69, 9.17) is 46.4 Å². The number of non-ortho nitro benzene ring substituents is 1. The van der Waals surface area contributed by atoms with Gasteiger partial charge in [0.2, 0.25) is 0 Å². The molecule has 0 aliphatic carbocycles. The van der Waals surface area contributed by atoms with Crippen LogP contribution >= 0.6 is 46.4 Å². The van der Waals surface area contributed by atoms with Gasteiger partial charge in [0.05, 0.1) is 21.9 Å². The summed E-state index contributed by atoms with van der Waals surface area (Å²) in [4.78, 5) is 13.3. The number of aromatic nitrogens is 1. The maximum atomic E-state index is 13.2. The highest BCUT2D eigenvalue weighted by molar-refractivity contribution is 6.48. The Morgan fingerprint density at radius 1 is 1.08 bits per heavy atom. The van der Waals surface area contributed by atoms with Crippen molar-refractivity contribution in [2.24, 2.45) is 0 Å². The SMILES string of the molecule is O=[N+]([O-])c1ccc(Nc2c(Cl)c(Cl)nc(Cl)c2Cl)c(C(F)(F)F)c1. The van der Waals surface area contributed by atoms with Crippen molar-refractivity contribution in [1.82, 2.24) is 4.98 Å². The highest BCUT2D eigenvalue weighted by Crippen LogP contribution is 2.43. The maximum Gasteiger partial charge on any atom is 0.418 e. The molecule has 0 radical (unpaired) electrons. The number of halogens is 7. The van der Waals surface area contributed by atoms with Crippen LogP contribution in [0.5, 0.6) is 0 Å². The van der Waals surface area contributed by atoms with E-state index in [-0.39, 0.29) is 26.0 Å². The number of nitro groups is 1. The van der Waals surface area contributed by atoms with Crippen LogP contribution in [0.3, 0.4) is 0 Å². The highest BCUT2D eigenvalue weighted by atomic mass is 35.5. The summed E-state index contributed by atoms with van der Waals surface area (Å²) in [6.07, 6.45) is -4.87. The van der Waals surface area contributed by atoms with Gasteiger partial charge in [-0.3, -0.25) is 10.1 Å². The van der Waals surface area contributed by atoms with Crippen LogP contribution in [0.1, 0.15) is 5.56 Å². The average Bonchev–Trinajstić information content (AvgIpc) is 2.48. The van der Waals surface area contributed by atoms with Crippen molar-refractivity contribution in [3.05, 3.63) is 54.2 Å². The third kappa shape index (κ3) is 3.77. The molecule has 0 aliphatic heterocycles. The number of hydrogen-bond donors (Lipinski definition) is 1. The van der Waals surface area contributed by atoms with E-state index in [1.807, 2.05) is 0 Å². The van der Waals surface area contributed by atoms with Gasteiger partial charge in [-0.05, 0) is 6.07 Å². The molecule has 1 N–H and O–H groups in total. The van der Waals surface area contributed by atoms with E-state index in [0.29, 0.717) is 6.07 Å². The van der Waals surface area contributed by atoms with Crippen LogP contribution in [0.25, 0.3) is 0 Å². The molecule has 12 heteroatoms. The summed E-state index contributed by atoms with van der Waals surface area (Å²) in [6, 6.07) is 2.15. The first-order valence-corrected chi connectivity index (χ1v) is 7.36. The predicted molar refractivity (Wildman–Crippen MR) is 85.7 cm³/mol. The van der Waals surface area contributed by atoms with Crippen molar-refractivity contribution in [1.29, 1.82) is 0 Å². The van der Waals surface area contributed by atoms with E-state index >= 15 is 0 Å². The molecule has 2 aromatic rings. The molecular formula is C12H4Cl4F3N3O2. The largest absolute Gasteiger partial charge is 0.418 e. The number of nitro benzene ring substituents is 1. The summed E-state index contributed by atoms with van der Waals surface area (Å²) < 4.78 is 39.5. The standard InChI is InChI=1S/C12H4Cl4F3N3O2/c13-7-9(8(14)11(16)21-10(7)15)20-6-2-1-4(22(23)24)3-5(6)12(17,18)19/h1-3H,(H,20,21). The quantitative estimate of drug-likeness (QED) is 0.356. The Bertz CT molecular complexity index is 804. The predicted octanol–water partition coefficient (Wildman–Crippen LogP) is 6.37. The summed E-state index contributed by atoms with van der Waals surface area (Å²) in [6.45, 7) is 0. The van der Waals surface area contributed by atoms with Crippen LogP contribution in [0, 0.1) is 10.1 Å². The number of nitrogens with one attached hydrogen (secondary N) is 1. The van der Waals surface area contributed by atoms with Crippen molar-refractivity contribution in [2.45, 2.75) is 6.18 Å². The summed E-state index contributed by atoms with van der Waals surface area (Å²) in [5, 5.41) is 12.0. The van der Waals surface area contributed by atoms with E-state index in [2.05, 4.69) is 10.3 Å². The van der Waals surface area contributed by atoms with E-state index in [1.165, 1.54) is 0 Å². The lowest BCUT2D eigenvalue weighted by Gasteiger charge is -2.16. The molecular weight excluding hydrogens is 417 g/mol. The van der Waals surface area contributed by atoms with Crippen molar-refractivity contribution in [3.8, 4) is 0 Å². The summed E-state index contributed by atoms with van der Waals surface area (Å²) in [5.41, 5.74) is -2.73. The molecule has 0 saturated carbocycles. The van der Waals surface area contributed by atoms with E-state index < -0.39 is 28.0 Å². The van der Waals surface area contributed by atoms with E-state index in [1.54, 1.807) is 0 Å². The van der Waals surface area contributed by atoms with Crippen LogP contribution in [0.2, 0.25) is 20.4 Å². The molecule has 1 aromatic heterocycles. The molecule has 0 atom stereocenters. The molecule has 1 aromatic carbocycles. The molecule has 2 rings (SSSR count). The Morgan fingerprint density at radius 3 is 2.08 bits per heavy atom. The highest BCUT2D eigenvalue weighted by Gasteiger charge is 2.35. The minimum Gasteiger partial charge on any atom is -0.352 e. The number of anilines is 2. The topological polar surface area (TPSA) is 68.1 Å². The smallest absolute Gasteiger partial charge is 0.352 e. The fourth-order valence-corrected chi connectivity index (χ4v) is 2.54. The number of hydrogen-bond acceptors (Lipinski definition) is 4. The van der Waals surface area contributed by atoms with Gasteiger partial charge in [0.15, 0.2) is 10.3 Å². The fourth-order valence-electron chi connectivity index (χ4n) is 1.72. The molecule has 0 aliphatic rings. The molecule has 0 spiro atoms. The molecule has 5 nitrogen and oxygen atoms in total. The Morgan fingerprint density at radius 2 is 1.62 bits per heavy atom. The van der Waals surface area contributed by atoms with Crippen LogP contribution in [-0.4, -0.2) is 9.91 Å². The Balaban J connectivity index is 2.61. The lowest BCUT2D eigenvalue weighted by atomic mass is 10.1. The molecule has 0 saturated heterocycles. The molecule has 1 heterocycles. The second-order valence-electron chi connectivity index (χ2n) is 4.31. The van der Waals surface area contributed by atoms with Gasteiger partial charge in [0.1, 0.15) is 10.0 Å². The van der Waals surface area contributed by atoms with Crippen molar-refractivity contribution < 1.29 is 18.1 Å². The first-order chi connectivity index (χ1) is 11.0. The molecule has 128 valence electrons. The van der Waals surface area contributed by atoms with Gasteiger partial charge in [-0.2, -0.15) is 13.2 Å². The van der Waals surface area contributed by atoms with E-state index in [9.17, 15) is 23.3 Å². The summed E-state index contributed by atoms with van der Waals surface area (Å²) in [5.74, 6) is 0. The lowest BCUT2D eigenvalue weighted by Crippen LogP contribution is -2.10. The van der Waals surface area contributed by atoms with Crippen molar-refractivity contribution >= 4 is 63.5 Å². The van der Waals surface area contributed by atoms with Crippen molar-refractivity contribution in [2.75, 3.05) is 5.32 Å². The van der Waals surface area contributed by atoms with Gasteiger partial charge in [0.25, 0.3) is 5.69 Å². The summed E-state index contributed by atoms with van der Waals surface area (Å²) in [7, 11) is 0. The van der Waals surface area contributed by atoms with Crippen LogP contribution < -0.4 is 5.32 Å². The molecule has 0 bridgehead atoms. The monoisotopic (exact) mass is 419 g/mol. The maximum absolute atomic E-state index is 13.2. The zero-order valence-corrected chi connectivity index (χ0v) is 14.1. The third-order valence-electron chi connectivity index (χ3n) is 2.78. The Kier molecular flexibility index (Phi) is 5.34. The number of rotatable bonds is 3. The van der Waals surface area contributed by atoms with E-state index in [0.717, 1.165) is 12.1 Å². The lowest BCUT2D eigenvalue weighted by molar-refractivity contribution is -0.385. The molecule has 0 fully saturated rings. The first kappa shape index (κ1) is 18.9. The van der Waals surface area contributed by atoms with Crippen LogP contribution in [0.15, 0.2) is 18.2 Å². The Labute approximate surface area is 152 Å². The van der Waals surface area contributed by atoms with Gasteiger partial charge < -0.3 is 5.32 Å². The zero-order valence-electron chi connectivity index (χ0n) is 11.1. The molecule has 0 amide bonds. The second-order valence-corrected chi connectivity index (χ2v) is 5.78. The zero-order chi connectivity index (χ0) is 18.2. The fraction of sp³-hybridized carbons (Fsp3) is 0.0833. The average molecular weight is 421 g/mol. The van der Waals surface area contributed by atoms with Gasteiger partial charge in [-0.25, -0.2) is 4.98 Å². The number of nitrogens with zero attached hydrogens (tertiary/aromatic N) is 2. The van der Waals surface area contributed by atoms with Gasteiger partial charge in [-0.15, -0.1) is 0 Å². The Hall–Kier alpha value is -1.48. The molecule has 24 heavy (non-hydrogen) atoms. The van der Waals surface area contributed by atoms with Crippen LogP contribution in [-0.2, 0) is 6.18 Å². The molecule has 0 unspecified atom stereocenters. The minimum atomic E-state index is -4.87. The number of pyridine rings is 1. The normalized spacial score (nSPS) is 11.5. The second kappa shape index (κ2) is 6.79. The van der Waals surface area contributed by atoms with Crippen LogP contribution in [0.4, 0.5) is 30.2 Å². The van der Waals surface area contributed by atoms with Gasteiger partial charge in [0, 0.05) is 12.1 Å². The first-order valence-electron chi connectivity index (χ1n) is 5.85. The number of alkyl halides is 3.